The zero-order chi connectivity index (χ0) is 28.8. The number of hydrogen-bond donors (Lipinski definition) is 2. The van der Waals surface area contributed by atoms with Crippen molar-refractivity contribution in [3.05, 3.63) is 107 Å². The van der Waals surface area contributed by atoms with E-state index in [2.05, 4.69) is 55.5 Å². The number of ether oxygens (including phenoxy) is 2. The van der Waals surface area contributed by atoms with Gasteiger partial charge in [-0.25, -0.2) is 0 Å². The molecule has 4 heteroatoms. The van der Waals surface area contributed by atoms with E-state index in [0.717, 1.165) is 64.3 Å². The maximum absolute atomic E-state index is 6.18. The molecule has 0 spiro atoms. The highest BCUT2D eigenvalue weighted by Gasteiger charge is 2.38. The van der Waals surface area contributed by atoms with Crippen LogP contribution in [0.1, 0.15) is 80.5 Å². The Morgan fingerprint density at radius 1 is 0.634 bits per heavy atom. The molecule has 1 saturated carbocycles. The van der Waals surface area contributed by atoms with Crippen molar-refractivity contribution in [1.82, 2.24) is 0 Å². The number of nitrogens with two attached hydrogens (primary N) is 2. The van der Waals surface area contributed by atoms with Crippen molar-refractivity contribution >= 4 is 11.4 Å². The first-order valence-electron chi connectivity index (χ1n) is 15.2. The van der Waals surface area contributed by atoms with Crippen molar-refractivity contribution < 1.29 is 9.47 Å². The predicted molar refractivity (Wildman–Crippen MR) is 171 cm³/mol. The van der Waals surface area contributed by atoms with Crippen LogP contribution in [-0.4, -0.2) is 0 Å². The van der Waals surface area contributed by atoms with Gasteiger partial charge in [-0.15, -0.1) is 0 Å². The van der Waals surface area contributed by atoms with Crippen molar-refractivity contribution in [2.24, 2.45) is 5.92 Å². The summed E-state index contributed by atoms with van der Waals surface area (Å²) < 4.78 is 12.4. The number of benzene rings is 4. The minimum Gasteiger partial charge on any atom is -0.457 e. The Labute approximate surface area is 245 Å². The molecule has 41 heavy (non-hydrogen) atoms. The third-order valence-electron chi connectivity index (χ3n) is 8.94. The van der Waals surface area contributed by atoms with Crippen LogP contribution in [-0.2, 0) is 5.41 Å². The van der Waals surface area contributed by atoms with E-state index in [1.807, 2.05) is 50.2 Å². The summed E-state index contributed by atoms with van der Waals surface area (Å²) in [6, 6.07) is 29.1. The first-order chi connectivity index (χ1) is 19.9. The molecule has 1 aliphatic rings. The molecule has 1 aliphatic carbocycles. The van der Waals surface area contributed by atoms with E-state index in [1.165, 1.54) is 49.7 Å². The second-order valence-electron chi connectivity index (χ2n) is 11.8. The molecule has 0 atom stereocenters. The first-order valence-corrected chi connectivity index (χ1v) is 15.2. The number of rotatable bonds is 10. The molecule has 4 aromatic rings. The van der Waals surface area contributed by atoms with Crippen molar-refractivity contribution in [2.75, 3.05) is 11.5 Å². The van der Waals surface area contributed by atoms with Gasteiger partial charge in [-0.3, -0.25) is 0 Å². The predicted octanol–water partition coefficient (Wildman–Crippen LogP) is 10.1. The van der Waals surface area contributed by atoms with Gasteiger partial charge in [0.05, 0.1) is 0 Å². The van der Waals surface area contributed by atoms with Gasteiger partial charge in [-0.05, 0) is 128 Å². The number of unbranched alkanes of at least 4 members (excludes halogenated alkanes) is 2. The Morgan fingerprint density at radius 3 is 1.49 bits per heavy atom. The van der Waals surface area contributed by atoms with Gasteiger partial charge in [0.15, 0.2) is 0 Å². The molecule has 0 bridgehead atoms. The van der Waals surface area contributed by atoms with Crippen LogP contribution in [0.4, 0.5) is 11.4 Å². The number of nitrogen functional groups attached to an aromatic ring is 2. The van der Waals surface area contributed by atoms with Gasteiger partial charge < -0.3 is 20.9 Å². The quantitative estimate of drug-likeness (QED) is 0.153. The molecule has 0 saturated heterocycles. The van der Waals surface area contributed by atoms with E-state index in [-0.39, 0.29) is 5.41 Å². The summed E-state index contributed by atoms with van der Waals surface area (Å²) in [5.41, 5.74) is 18.3. The molecule has 4 nitrogen and oxygen atoms in total. The van der Waals surface area contributed by atoms with Crippen molar-refractivity contribution in [3.8, 4) is 23.0 Å². The Bertz CT molecular complexity index is 1340. The second kappa shape index (κ2) is 12.7. The van der Waals surface area contributed by atoms with Crippen molar-refractivity contribution in [2.45, 2.75) is 77.6 Å². The lowest BCUT2D eigenvalue weighted by Gasteiger charge is -2.41. The summed E-state index contributed by atoms with van der Waals surface area (Å²) in [4.78, 5) is 0. The fourth-order valence-corrected chi connectivity index (χ4v) is 6.27. The Kier molecular flexibility index (Phi) is 8.87. The molecular weight excluding hydrogens is 504 g/mol. The molecule has 0 amide bonds. The van der Waals surface area contributed by atoms with Crippen LogP contribution in [0.15, 0.2) is 84.9 Å². The van der Waals surface area contributed by atoms with E-state index in [4.69, 9.17) is 20.9 Å². The molecule has 4 N–H and O–H groups in total. The van der Waals surface area contributed by atoms with E-state index in [1.54, 1.807) is 0 Å². The molecule has 5 rings (SSSR count). The molecular formula is C37H44N2O2. The van der Waals surface area contributed by atoms with Crippen LogP contribution < -0.4 is 20.9 Å². The molecule has 0 radical (unpaired) electrons. The highest BCUT2D eigenvalue weighted by Crippen LogP contribution is 2.48. The molecule has 214 valence electrons. The average Bonchev–Trinajstić information content (AvgIpc) is 2.98. The zero-order valence-electron chi connectivity index (χ0n) is 24.8. The summed E-state index contributed by atoms with van der Waals surface area (Å²) in [7, 11) is 0. The molecule has 4 aromatic carbocycles. The van der Waals surface area contributed by atoms with Gasteiger partial charge in [0.2, 0.25) is 0 Å². The Balaban J connectivity index is 1.38. The lowest BCUT2D eigenvalue weighted by atomic mass is 9.62. The number of anilines is 2. The van der Waals surface area contributed by atoms with Crippen LogP contribution in [0.2, 0.25) is 0 Å². The van der Waals surface area contributed by atoms with Crippen molar-refractivity contribution in [1.29, 1.82) is 0 Å². The molecule has 0 heterocycles. The third-order valence-corrected chi connectivity index (χ3v) is 8.94. The summed E-state index contributed by atoms with van der Waals surface area (Å²) in [5.74, 6) is 4.10. The topological polar surface area (TPSA) is 70.5 Å². The van der Waals surface area contributed by atoms with Gasteiger partial charge in [0, 0.05) is 16.8 Å². The molecule has 0 aromatic heterocycles. The summed E-state index contributed by atoms with van der Waals surface area (Å²) in [6.45, 7) is 6.29. The van der Waals surface area contributed by atoms with Gasteiger partial charge >= 0.3 is 0 Å². The van der Waals surface area contributed by atoms with Crippen LogP contribution in [0.25, 0.3) is 0 Å². The molecule has 0 unspecified atom stereocenters. The minimum atomic E-state index is -0.0200. The normalized spacial score (nSPS) is 15.0. The lowest BCUT2D eigenvalue weighted by Crippen LogP contribution is -2.33. The van der Waals surface area contributed by atoms with E-state index >= 15 is 0 Å². The van der Waals surface area contributed by atoms with Crippen LogP contribution in [0.3, 0.4) is 0 Å². The Morgan fingerprint density at radius 2 is 1.07 bits per heavy atom. The molecule has 1 fully saturated rings. The van der Waals surface area contributed by atoms with Gasteiger partial charge in [0.25, 0.3) is 0 Å². The van der Waals surface area contributed by atoms with Crippen LogP contribution >= 0.6 is 0 Å². The van der Waals surface area contributed by atoms with Gasteiger partial charge in [0.1, 0.15) is 23.0 Å². The highest BCUT2D eigenvalue weighted by molar-refractivity contribution is 5.52. The monoisotopic (exact) mass is 548 g/mol. The number of hydrogen-bond acceptors (Lipinski definition) is 4. The smallest absolute Gasteiger partial charge is 0.127 e. The lowest BCUT2D eigenvalue weighted by molar-refractivity contribution is 0.250. The fraction of sp³-hybridized carbons (Fsp3) is 0.351. The minimum absolute atomic E-state index is 0.0200. The summed E-state index contributed by atoms with van der Waals surface area (Å²) >= 11 is 0. The van der Waals surface area contributed by atoms with E-state index in [9.17, 15) is 0 Å². The van der Waals surface area contributed by atoms with E-state index in [0.29, 0.717) is 0 Å². The Hall–Kier alpha value is -3.92. The zero-order valence-corrected chi connectivity index (χ0v) is 24.8. The van der Waals surface area contributed by atoms with Crippen LogP contribution in [0.5, 0.6) is 23.0 Å². The maximum atomic E-state index is 6.18. The van der Waals surface area contributed by atoms with Crippen molar-refractivity contribution in [3.63, 3.8) is 0 Å². The van der Waals surface area contributed by atoms with Crippen LogP contribution in [0, 0.1) is 19.8 Å². The first kappa shape index (κ1) is 28.6. The fourth-order valence-electron chi connectivity index (χ4n) is 6.27. The van der Waals surface area contributed by atoms with E-state index < -0.39 is 0 Å². The molecule has 0 aliphatic heterocycles. The number of aryl methyl sites for hydroxylation is 2. The average molecular weight is 549 g/mol. The van der Waals surface area contributed by atoms with Gasteiger partial charge in [-0.2, -0.15) is 0 Å². The summed E-state index contributed by atoms with van der Waals surface area (Å²) in [5, 5.41) is 0. The standard InChI is InChI=1S/C37H44N2O2/c1-4-5-6-7-28-20-22-37(23-21-28,29-8-12-31(13-9-29)40-33-16-18-35(38)26(2)24-33)30-10-14-32(15-11-30)41-34-17-19-36(39)27(3)25-34/h8-19,24-25,28H,4-7,20-23,38-39H2,1-3H3. The van der Waals surface area contributed by atoms with Gasteiger partial charge in [-0.1, -0.05) is 56.9 Å². The summed E-state index contributed by atoms with van der Waals surface area (Å²) in [6.07, 6.45) is 10.1. The SMILES string of the molecule is CCCCCC1CCC(c2ccc(Oc3ccc(N)c(C)c3)cc2)(c2ccc(Oc3ccc(N)c(C)c3)cc2)CC1. The third kappa shape index (κ3) is 6.70. The highest BCUT2D eigenvalue weighted by atomic mass is 16.5. The maximum Gasteiger partial charge on any atom is 0.127 e. The second-order valence-corrected chi connectivity index (χ2v) is 11.8. The largest absolute Gasteiger partial charge is 0.457 e.